The Bertz CT molecular complexity index is 721. The van der Waals surface area contributed by atoms with Gasteiger partial charge in [-0.25, -0.2) is 4.79 Å². The van der Waals surface area contributed by atoms with Crippen LogP contribution in [0.4, 0.5) is 10.5 Å². The Kier molecular flexibility index (Phi) is 2.79. The topological polar surface area (TPSA) is 57.6 Å². The highest BCUT2D eigenvalue weighted by Gasteiger charge is 2.27. The second-order valence-electron chi connectivity index (χ2n) is 4.63. The summed E-state index contributed by atoms with van der Waals surface area (Å²) in [5.41, 5.74) is 3.56. The summed E-state index contributed by atoms with van der Waals surface area (Å²) >= 11 is 0. The Hall–Kier alpha value is -2.62. The van der Waals surface area contributed by atoms with Crippen LogP contribution in [-0.4, -0.2) is 23.5 Å². The molecule has 1 N–H and O–H groups in total. The molecule has 0 unspecified atom stereocenters. The van der Waals surface area contributed by atoms with Crippen molar-refractivity contribution >= 4 is 17.6 Å². The minimum Gasteiger partial charge on any atom is -0.465 e. The third-order valence-electron chi connectivity index (χ3n) is 3.57. The molecule has 1 aliphatic rings. The van der Waals surface area contributed by atoms with Crippen LogP contribution < -0.4 is 4.90 Å². The van der Waals surface area contributed by atoms with Gasteiger partial charge >= 0.3 is 6.09 Å². The fourth-order valence-corrected chi connectivity index (χ4v) is 2.61. The molecule has 1 amide bonds. The van der Waals surface area contributed by atoms with Crippen LogP contribution in [0.15, 0.2) is 42.5 Å². The molecule has 4 heteroatoms. The summed E-state index contributed by atoms with van der Waals surface area (Å²) in [6.45, 7) is 2.10. The predicted molar refractivity (Wildman–Crippen MR) is 76.4 cm³/mol. The zero-order valence-corrected chi connectivity index (χ0v) is 11.0. The number of anilines is 1. The Morgan fingerprint density at radius 3 is 2.35 bits per heavy atom. The number of fused-ring (bicyclic) bond motifs is 3. The summed E-state index contributed by atoms with van der Waals surface area (Å²) in [7, 11) is 0. The van der Waals surface area contributed by atoms with Crippen LogP contribution in [0.25, 0.3) is 11.1 Å². The summed E-state index contributed by atoms with van der Waals surface area (Å²) in [5.74, 6) is -0.0427. The van der Waals surface area contributed by atoms with Gasteiger partial charge in [-0.15, -0.1) is 0 Å². The molecule has 0 saturated carbocycles. The molecule has 0 heterocycles. The Labute approximate surface area is 116 Å². The van der Waals surface area contributed by atoms with Crippen molar-refractivity contribution in [2.24, 2.45) is 0 Å². The third kappa shape index (κ3) is 1.69. The van der Waals surface area contributed by atoms with Crippen LogP contribution in [0.5, 0.6) is 0 Å². The van der Waals surface area contributed by atoms with Gasteiger partial charge in [0.05, 0.1) is 0 Å². The van der Waals surface area contributed by atoms with E-state index in [0.717, 1.165) is 11.1 Å². The fourth-order valence-electron chi connectivity index (χ4n) is 2.61. The van der Waals surface area contributed by atoms with E-state index < -0.39 is 6.09 Å². The van der Waals surface area contributed by atoms with Crippen molar-refractivity contribution in [1.29, 1.82) is 0 Å². The first-order valence-corrected chi connectivity index (χ1v) is 6.42. The zero-order chi connectivity index (χ0) is 14.3. The van der Waals surface area contributed by atoms with Gasteiger partial charge in [0, 0.05) is 23.4 Å². The third-order valence-corrected chi connectivity index (χ3v) is 3.57. The second kappa shape index (κ2) is 4.49. The van der Waals surface area contributed by atoms with E-state index in [1.165, 1.54) is 4.90 Å². The average molecular weight is 267 g/mol. The monoisotopic (exact) mass is 267 g/mol. The molecular formula is C16H13NO3. The van der Waals surface area contributed by atoms with Gasteiger partial charge in [-0.2, -0.15) is 0 Å². The molecule has 0 atom stereocenters. The second-order valence-corrected chi connectivity index (χ2v) is 4.63. The van der Waals surface area contributed by atoms with E-state index in [-0.39, 0.29) is 5.78 Å². The van der Waals surface area contributed by atoms with Crippen molar-refractivity contribution in [2.45, 2.75) is 6.92 Å². The van der Waals surface area contributed by atoms with Crippen molar-refractivity contribution in [3.8, 4) is 11.1 Å². The molecular weight excluding hydrogens is 254 g/mol. The maximum Gasteiger partial charge on any atom is 0.411 e. The molecule has 0 fully saturated rings. The molecule has 2 aromatic rings. The van der Waals surface area contributed by atoms with E-state index in [0.29, 0.717) is 23.4 Å². The summed E-state index contributed by atoms with van der Waals surface area (Å²) < 4.78 is 0. The van der Waals surface area contributed by atoms with E-state index >= 15 is 0 Å². The van der Waals surface area contributed by atoms with Crippen LogP contribution in [0, 0.1) is 0 Å². The average Bonchev–Trinajstić information content (AvgIpc) is 2.73. The molecule has 2 aromatic carbocycles. The molecule has 0 aliphatic heterocycles. The number of amides is 1. The van der Waals surface area contributed by atoms with Crippen LogP contribution in [0.1, 0.15) is 22.8 Å². The van der Waals surface area contributed by atoms with E-state index in [1.807, 2.05) is 24.3 Å². The number of hydrogen-bond acceptors (Lipinski definition) is 2. The Balaban J connectivity index is 2.13. The largest absolute Gasteiger partial charge is 0.465 e. The summed E-state index contributed by atoms with van der Waals surface area (Å²) in [5, 5.41) is 9.16. The Morgan fingerprint density at radius 2 is 1.70 bits per heavy atom. The fraction of sp³-hybridized carbons (Fsp3) is 0.125. The molecule has 0 spiro atoms. The van der Waals surface area contributed by atoms with Gasteiger partial charge in [0.1, 0.15) is 0 Å². The van der Waals surface area contributed by atoms with Crippen LogP contribution in [0.2, 0.25) is 0 Å². The van der Waals surface area contributed by atoms with Gasteiger partial charge in [-0.3, -0.25) is 9.69 Å². The van der Waals surface area contributed by atoms with Crippen LogP contribution in [-0.2, 0) is 0 Å². The number of ketones is 1. The summed E-state index contributed by atoms with van der Waals surface area (Å²) in [4.78, 5) is 24.7. The van der Waals surface area contributed by atoms with Crippen molar-refractivity contribution < 1.29 is 14.7 Å². The van der Waals surface area contributed by atoms with Gasteiger partial charge in [0.25, 0.3) is 0 Å². The molecule has 1 aliphatic carbocycles. The molecule has 0 bridgehead atoms. The molecule has 3 rings (SSSR count). The number of carboxylic acid groups (broad SMARTS) is 1. The highest BCUT2D eigenvalue weighted by atomic mass is 16.4. The lowest BCUT2D eigenvalue weighted by Crippen LogP contribution is -2.28. The normalized spacial score (nSPS) is 11.9. The number of benzene rings is 2. The van der Waals surface area contributed by atoms with E-state index in [9.17, 15) is 9.59 Å². The highest BCUT2D eigenvalue weighted by Crippen LogP contribution is 2.38. The minimum absolute atomic E-state index is 0.0427. The standard InChI is InChI=1S/C16H13NO3/c1-2-17(16(19)20)10-7-8-12-11-5-3-4-6-13(11)15(18)14(12)9-10/h3-9H,2H2,1H3,(H,19,20). The Morgan fingerprint density at radius 1 is 1.05 bits per heavy atom. The quantitative estimate of drug-likeness (QED) is 0.774. The molecule has 0 radical (unpaired) electrons. The van der Waals surface area contributed by atoms with Crippen molar-refractivity contribution in [1.82, 2.24) is 0 Å². The maximum atomic E-state index is 12.4. The SMILES string of the molecule is CCN(C(=O)O)c1ccc2c(c1)C(=O)c1ccccc1-2. The van der Waals surface area contributed by atoms with Crippen molar-refractivity contribution in [3.05, 3.63) is 53.6 Å². The van der Waals surface area contributed by atoms with Gasteiger partial charge < -0.3 is 5.11 Å². The highest BCUT2D eigenvalue weighted by molar-refractivity contribution is 6.22. The van der Waals surface area contributed by atoms with Crippen molar-refractivity contribution in [3.63, 3.8) is 0 Å². The molecule has 20 heavy (non-hydrogen) atoms. The smallest absolute Gasteiger partial charge is 0.411 e. The van der Waals surface area contributed by atoms with E-state index in [4.69, 9.17) is 5.11 Å². The van der Waals surface area contributed by atoms with Gasteiger partial charge in [0.15, 0.2) is 5.78 Å². The number of hydrogen-bond donors (Lipinski definition) is 1. The van der Waals surface area contributed by atoms with Crippen LogP contribution in [0.3, 0.4) is 0 Å². The first-order valence-electron chi connectivity index (χ1n) is 6.42. The van der Waals surface area contributed by atoms with Crippen molar-refractivity contribution in [2.75, 3.05) is 11.4 Å². The maximum absolute atomic E-state index is 12.4. The van der Waals surface area contributed by atoms with E-state index in [2.05, 4.69) is 0 Å². The minimum atomic E-state index is -1.02. The van der Waals surface area contributed by atoms with Crippen LogP contribution >= 0.6 is 0 Å². The molecule has 0 saturated heterocycles. The first kappa shape index (κ1) is 12.4. The first-order chi connectivity index (χ1) is 9.63. The summed E-state index contributed by atoms with van der Waals surface area (Å²) in [6.07, 6.45) is -1.02. The van der Waals surface area contributed by atoms with E-state index in [1.54, 1.807) is 25.1 Å². The molecule has 100 valence electrons. The zero-order valence-electron chi connectivity index (χ0n) is 11.0. The lowest BCUT2D eigenvalue weighted by atomic mass is 10.1. The van der Waals surface area contributed by atoms with Gasteiger partial charge in [-0.1, -0.05) is 30.3 Å². The van der Waals surface area contributed by atoms with Gasteiger partial charge in [-0.05, 0) is 30.2 Å². The lowest BCUT2D eigenvalue weighted by Gasteiger charge is -2.17. The molecule has 4 nitrogen and oxygen atoms in total. The number of carbonyl (C=O) groups excluding carboxylic acids is 1. The lowest BCUT2D eigenvalue weighted by molar-refractivity contribution is 0.104. The molecule has 0 aromatic heterocycles. The number of rotatable bonds is 2. The number of nitrogens with zero attached hydrogens (tertiary/aromatic N) is 1. The summed E-state index contributed by atoms with van der Waals surface area (Å²) in [6, 6.07) is 12.7. The van der Waals surface area contributed by atoms with Gasteiger partial charge in [0.2, 0.25) is 0 Å². The predicted octanol–water partition coefficient (Wildman–Crippen LogP) is 3.40. The number of carbonyl (C=O) groups is 2.